The van der Waals surface area contributed by atoms with Gasteiger partial charge in [-0.15, -0.1) is 0 Å². The lowest BCUT2D eigenvalue weighted by molar-refractivity contribution is 0.659. The van der Waals surface area contributed by atoms with Crippen LogP contribution < -0.4 is 0 Å². The van der Waals surface area contributed by atoms with E-state index in [1.807, 2.05) is 0 Å². The smallest absolute Gasteiger partial charge is 0.0541 e. The van der Waals surface area contributed by atoms with E-state index in [0.29, 0.717) is 5.92 Å². The molecule has 0 bridgehead atoms. The third kappa shape index (κ3) is 4.40. The number of nitrogens with zero attached hydrogens (tertiary/aromatic N) is 2. The van der Waals surface area contributed by atoms with Gasteiger partial charge in [-0.25, -0.2) is 0 Å². The van der Waals surface area contributed by atoms with E-state index in [0.717, 1.165) is 6.42 Å². The first kappa shape index (κ1) is 31.2. The molecule has 0 saturated heterocycles. The predicted octanol–water partition coefficient (Wildman–Crippen LogP) is 13.9. The van der Waals surface area contributed by atoms with Gasteiger partial charge in [0.05, 0.1) is 16.6 Å². The number of aromatic nitrogens is 2. The lowest BCUT2D eigenvalue weighted by atomic mass is 9.82. The molecule has 1 atom stereocenters. The zero-order valence-electron chi connectivity index (χ0n) is 30.8. The van der Waals surface area contributed by atoms with Crippen LogP contribution in [0.15, 0.2) is 164 Å². The molecule has 2 aliphatic rings. The third-order valence-electron chi connectivity index (χ3n) is 12.4. The second-order valence-corrected chi connectivity index (χ2v) is 15.8. The van der Waals surface area contributed by atoms with Crippen molar-refractivity contribution in [3.8, 4) is 44.8 Å². The van der Waals surface area contributed by atoms with Gasteiger partial charge in [0, 0.05) is 50.1 Å². The first-order chi connectivity index (χ1) is 26.5. The average molecular weight is 693 g/mol. The summed E-state index contributed by atoms with van der Waals surface area (Å²) in [7, 11) is 0. The summed E-state index contributed by atoms with van der Waals surface area (Å²) in [5.74, 6) is 0.424. The van der Waals surface area contributed by atoms with Crippen molar-refractivity contribution in [1.29, 1.82) is 0 Å². The van der Waals surface area contributed by atoms with Crippen LogP contribution in [-0.2, 0) is 5.41 Å². The Bertz CT molecular complexity index is 2930. The molecule has 1 unspecified atom stereocenters. The van der Waals surface area contributed by atoms with Crippen molar-refractivity contribution in [1.82, 2.24) is 9.13 Å². The fourth-order valence-corrected chi connectivity index (χ4v) is 9.73. The van der Waals surface area contributed by atoms with E-state index in [-0.39, 0.29) is 5.41 Å². The van der Waals surface area contributed by atoms with E-state index in [1.165, 1.54) is 99.8 Å². The minimum Gasteiger partial charge on any atom is -0.313 e. The second-order valence-electron chi connectivity index (χ2n) is 15.8. The van der Waals surface area contributed by atoms with E-state index < -0.39 is 0 Å². The highest BCUT2D eigenvalue weighted by molar-refractivity contribution is 6.09. The number of hydrogen-bond acceptors (Lipinski definition) is 0. The number of rotatable bonds is 4. The molecule has 0 saturated carbocycles. The Morgan fingerprint density at radius 1 is 0.500 bits per heavy atom. The second kappa shape index (κ2) is 11.6. The number of fused-ring (bicyclic) bond motifs is 9. The summed E-state index contributed by atoms with van der Waals surface area (Å²) in [6.07, 6.45) is 5.76. The van der Waals surface area contributed by atoms with E-state index in [4.69, 9.17) is 0 Å². The van der Waals surface area contributed by atoms with Crippen molar-refractivity contribution in [3.05, 3.63) is 186 Å². The molecule has 2 aliphatic carbocycles. The first-order valence-electron chi connectivity index (χ1n) is 19.3. The van der Waals surface area contributed by atoms with Gasteiger partial charge in [0.2, 0.25) is 0 Å². The summed E-state index contributed by atoms with van der Waals surface area (Å²) in [4.78, 5) is 0. The zero-order valence-corrected chi connectivity index (χ0v) is 30.8. The fourth-order valence-electron chi connectivity index (χ4n) is 9.73. The normalized spacial score (nSPS) is 15.5. The monoisotopic (exact) mass is 692 g/mol. The van der Waals surface area contributed by atoms with Crippen LogP contribution in [0.1, 0.15) is 55.5 Å². The van der Waals surface area contributed by atoms with E-state index in [2.05, 4.69) is 200 Å². The van der Waals surface area contributed by atoms with Crippen LogP contribution in [0.2, 0.25) is 0 Å². The maximum absolute atomic E-state index is 2.56. The quantitative estimate of drug-likeness (QED) is 0.174. The van der Waals surface area contributed by atoms with E-state index in [1.54, 1.807) is 0 Å². The molecule has 2 heteroatoms. The topological polar surface area (TPSA) is 9.86 Å². The van der Waals surface area contributed by atoms with Crippen molar-refractivity contribution in [2.24, 2.45) is 0 Å². The van der Waals surface area contributed by atoms with Gasteiger partial charge in [0.15, 0.2) is 0 Å². The SMILES string of the molecule is CC1CC=Cc2c1n(-c1ccc3c(c1)C(C)(C)c1cccc(-c4ccc(-n5c6ccccc6c6ccccc65)cc4)c1-3)c1ccc(-c3ccccc3)cc21. The highest BCUT2D eigenvalue weighted by Crippen LogP contribution is 2.53. The molecule has 0 spiro atoms. The van der Waals surface area contributed by atoms with Crippen LogP contribution in [-0.4, -0.2) is 9.13 Å². The Hall–Kier alpha value is -6.38. The molecule has 2 nitrogen and oxygen atoms in total. The maximum atomic E-state index is 2.56. The minimum absolute atomic E-state index is 0.144. The van der Waals surface area contributed by atoms with E-state index in [9.17, 15) is 0 Å². The van der Waals surface area contributed by atoms with Gasteiger partial charge in [-0.2, -0.15) is 0 Å². The Labute approximate surface area is 316 Å². The van der Waals surface area contributed by atoms with Crippen LogP contribution in [0, 0.1) is 0 Å². The molecule has 0 fully saturated rings. The Balaban J connectivity index is 1.04. The number of hydrogen-bond donors (Lipinski definition) is 0. The molecular weight excluding hydrogens is 653 g/mol. The van der Waals surface area contributed by atoms with Crippen LogP contribution in [0.5, 0.6) is 0 Å². The van der Waals surface area contributed by atoms with Crippen molar-refractivity contribution < 1.29 is 0 Å². The first-order valence-corrected chi connectivity index (χ1v) is 19.3. The number of allylic oxidation sites excluding steroid dienone is 1. The summed E-state index contributed by atoms with van der Waals surface area (Å²) >= 11 is 0. The molecule has 258 valence electrons. The van der Waals surface area contributed by atoms with Gasteiger partial charge in [0.1, 0.15) is 0 Å². The standard InChI is InChI=1S/C52H40N2/c1-33-13-11-19-42-44-31-36(34-14-5-4-6-15-34)25-30-49(44)54(51(33)42)38-28-29-43-46(32-38)52(2,3)45-20-12-18-39(50(43)45)35-23-26-37(27-24-35)53-47-21-9-7-16-40(47)41-17-8-10-22-48(41)53/h4-12,14-33H,13H2,1-3H3. The summed E-state index contributed by atoms with van der Waals surface area (Å²) in [6.45, 7) is 7.18. The van der Waals surface area contributed by atoms with Gasteiger partial charge in [-0.1, -0.05) is 142 Å². The molecule has 0 aliphatic heterocycles. The lowest BCUT2D eigenvalue weighted by Crippen LogP contribution is -2.15. The average Bonchev–Trinajstić information content (AvgIpc) is 3.82. The highest BCUT2D eigenvalue weighted by atomic mass is 15.0. The molecule has 2 heterocycles. The molecule has 0 radical (unpaired) electrons. The molecular formula is C52H40N2. The molecule has 2 aromatic heterocycles. The van der Waals surface area contributed by atoms with Crippen LogP contribution >= 0.6 is 0 Å². The van der Waals surface area contributed by atoms with Gasteiger partial charge in [-0.05, 0) is 99.5 Å². The van der Waals surface area contributed by atoms with Crippen molar-refractivity contribution in [2.75, 3.05) is 0 Å². The van der Waals surface area contributed by atoms with Gasteiger partial charge < -0.3 is 9.13 Å². The largest absolute Gasteiger partial charge is 0.313 e. The molecule has 0 N–H and O–H groups in total. The lowest BCUT2D eigenvalue weighted by Gasteiger charge is -2.24. The highest BCUT2D eigenvalue weighted by Gasteiger charge is 2.37. The van der Waals surface area contributed by atoms with Crippen LogP contribution in [0.3, 0.4) is 0 Å². The molecule has 7 aromatic carbocycles. The summed E-state index contributed by atoms with van der Waals surface area (Å²) < 4.78 is 4.95. The number of para-hydroxylation sites is 2. The van der Waals surface area contributed by atoms with Gasteiger partial charge in [-0.3, -0.25) is 0 Å². The van der Waals surface area contributed by atoms with Crippen LogP contribution in [0.4, 0.5) is 0 Å². The van der Waals surface area contributed by atoms with Gasteiger partial charge in [0.25, 0.3) is 0 Å². The maximum Gasteiger partial charge on any atom is 0.0541 e. The summed E-state index contributed by atoms with van der Waals surface area (Å²) in [5.41, 5.74) is 19.3. The zero-order chi connectivity index (χ0) is 36.1. The molecule has 54 heavy (non-hydrogen) atoms. The summed E-state index contributed by atoms with van der Waals surface area (Å²) in [6, 6.07) is 58.6. The third-order valence-corrected chi connectivity index (χ3v) is 12.4. The van der Waals surface area contributed by atoms with Crippen LogP contribution in [0.25, 0.3) is 83.5 Å². The fraction of sp³-hybridized carbons (Fsp3) is 0.115. The Morgan fingerprint density at radius 3 is 1.93 bits per heavy atom. The molecule has 0 amide bonds. The predicted molar refractivity (Wildman–Crippen MR) is 228 cm³/mol. The molecule has 11 rings (SSSR count). The van der Waals surface area contributed by atoms with E-state index >= 15 is 0 Å². The molecule has 9 aromatic rings. The minimum atomic E-state index is -0.144. The Kier molecular flexibility index (Phi) is 6.67. The number of benzene rings is 7. The van der Waals surface area contributed by atoms with Crippen molar-refractivity contribution in [2.45, 2.75) is 38.5 Å². The van der Waals surface area contributed by atoms with Crippen molar-refractivity contribution >= 4 is 38.8 Å². The summed E-state index contributed by atoms with van der Waals surface area (Å²) in [5, 5.41) is 3.89. The Morgan fingerprint density at radius 2 is 1.17 bits per heavy atom. The van der Waals surface area contributed by atoms with Gasteiger partial charge >= 0.3 is 0 Å². The van der Waals surface area contributed by atoms with Crippen molar-refractivity contribution in [3.63, 3.8) is 0 Å².